The molecule has 4 rings (SSSR count). The van der Waals surface area contributed by atoms with Gasteiger partial charge in [-0.2, -0.15) is 5.10 Å². The van der Waals surface area contributed by atoms with Crippen LogP contribution in [0.1, 0.15) is 6.42 Å². The van der Waals surface area contributed by atoms with E-state index in [9.17, 15) is 9.59 Å². The van der Waals surface area contributed by atoms with Crippen LogP contribution >= 0.6 is 0 Å². The minimum absolute atomic E-state index is 0.0931. The minimum Gasteiger partial charge on any atom is -0.354 e. The number of carbonyl (C=O) groups excluding carboxylic acids is 2. The number of hydrogen-bond acceptors (Lipinski definition) is 3. The Hall–Kier alpha value is -3.15. The Labute approximate surface area is 151 Å². The molecule has 1 aliphatic rings. The van der Waals surface area contributed by atoms with Crippen LogP contribution in [0.4, 0.5) is 5.69 Å². The van der Waals surface area contributed by atoms with E-state index in [1.54, 1.807) is 15.8 Å². The Morgan fingerprint density at radius 2 is 1.88 bits per heavy atom. The molecule has 1 saturated heterocycles. The van der Waals surface area contributed by atoms with Crippen molar-refractivity contribution in [3.05, 3.63) is 60.8 Å². The van der Waals surface area contributed by atoms with Crippen molar-refractivity contribution in [1.82, 2.24) is 15.1 Å². The van der Waals surface area contributed by atoms with Crippen LogP contribution in [0, 0.1) is 5.92 Å². The number of nitrogens with one attached hydrogen (secondary N) is 1. The quantitative estimate of drug-likeness (QED) is 0.769. The van der Waals surface area contributed by atoms with Crippen LogP contribution in [0.15, 0.2) is 60.8 Å². The average Bonchev–Trinajstić information content (AvgIpc) is 3.24. The Kier molecular flexibility index (Phi) is 4.39. The third-order valence-corrected chi connectivity index (χ3v) is 4.71. The minimum atomic E-state index is -0.0931. The Balaban J connectivity index is 1.33. The summed E-state index contributed by atoms with van der Waals surface area (Å²) in [7, 11) is 0. The number of nitrogens with zero attached hydrogens (tertiary/aromatic N) is 3. The molecule has 0 saturated carbocycles. The highest BCUT2D eigenvalue weighted by Gasteiger charge is 2.30. The molecule has 6 nitrogen and oxygen atoms in total. The number of aromatic nitrogens is 2. The van der Waals surface area contributed by atoms with Crippen LogP contribution in [-0.4, -0.2) is 34.7 Å². The standard InChI is InChI=1S/C20H20N4O2/c25-19(14-24-18-9-5-4-6-16(18)12-22-24)21-11-15-10-20(26)23(13-15)17-7-2-1-3-8-17/h1-9,12,15H,10-11,13-14H2,(H,21,25). The first-order chi connectivity index (χ1) is 12.7. The van der Waals surface area contributed by atoms with Gasteiger partial charge in [-0.1, -0.05) is 36.4 Å². The van der Waals surface area contributed by atoms with Gasteiger partial charge in [0.2, 0.25) is 11.8 Å². The second-order valence-electron chi connectivity index (χ2n) is 6.58. The number of benzene rings is 2. The SMILES string of the molecule is O=C(Cn1ncc2ccccc21)NCC1CC(=O)N(c2ccccc2)C1. The molecule has 132 valence electrons. The van der Waals surface area contributed by atoms with Gasteiger partial charge in [-0.3, -0.25) is 14.3 Å². The number of rotatable bonds is 5. The van der Waals surface area contributed by atoms with E-state index in [-0.39, 0.29) is 24.3 Å². The zero-order valence-electron chi connectivity index (χ0n) is 14.3. The van der Waals surface area contributed by atoms with Gasteiger partial charge in [-0.25, -0.2) is 0 Å². The van der Waals surface area contributed by atoms with Crippen molar-refractivity contribution in [3.8, 4) is 0 Å². The average molecular weight is 348 g/mol. The number of amides is 2. The largest absolute Gasteiger partial charge is 0.354 e. The molecule has 1 unspecified atom stereocenters. The predicted molar refractivity (Wildman–Crippen MR) is 99.6 cm³/mol. The van der Waals surface area contributed by atoms with Gasteiger partial charge in [0, 0.05) is 36.5 Å². The molecule has 0 aliphatic carbocycles. The summed E-state index contributed by atoms with van der Waals surface area (Å²) in [5.41, 5.74) is 1.85. The second kappa shape index (κ2) is 7.00. The lowest BCUT2D eigenvalue weighted by atomic mass is 10.1. The lowest BCUT2D eigenvalue weighted by Gasteiger charge is -2.16. The van der Waals surface area contributed by atoms with Gasteiger partial charge in [0.25, 0.3) is 0 Å². The number of para-hydroxylation sites is 2. The van der Waals surface area contributed by atoms with E-state index >= 15 is 0 Å². The number of hydrogen-bond donors (Lipinski definition) is 1. The first-order valence-electron chi connectivity index (χ1n) is 8.73. The molecule has 0 bridgehead atoms. The third kappa shape index (κ3) is 3.31. The van der Waals surface area contributed by atoms with E-state index < -0.39 is 0 Å². The van der Waals surface area contributed by atoms with Crippen molar-refractivity contribution < 1.29 is 9.59 Å². The van der Waals surface area contributed by atoms with Crippen LogP contribution in [0.2, 0.25) is 0 Å². The number of fused-ring (bicyclic) bond motifs is 1. The number of anilines is 1. The molecule has 0 radical (unpaired) electrons. The molecule has 1 atom stereocenters. The zero-order chi connectivity index (χ0) is 17.9. The molecular formula is C20H20N4O2. The van der Waals surface area contributed by atoms with E-state index in [0.717, 1.165) is 16.6 Å². The van der Waals surface area contributed by atoms with Gasteiger partial charge in [-0.15, -0.1) is 0 Å². The summed E-state index contributed by atoms with van der Waals surface area (Å²) < 4.78 is 1.70. The fraction of sp³-hybridized carbons (Fsp3) is 0.250. The van der Waals surface area contributed by atoms with Gasteiger partial charge in [0.15, 0.2) is 0 Å². The molecule has 1 aromatic heterocycles. The van der Waals surface area contributed by atoms with Crippen LogP contribution < -0.4 is 10.2 Å². The van der Waals surface area contributed by atoms with Crippen LogP contribution in [0.25, 0.3) is 10.9 Å². The molecule has 0 spiro atoms. The van der Waals surface area contributed by atoms with Crippen LogP contribution in [0.5, 0.6) is 0 Å². The summed E-state index contributed by atoms with van der Waals surface area (Å²) in [6.07, 6.45) is 2.22. The maximum absolute atomic E-state index is 12.3. The maximum Gasteiger partial charge on any atom is 0.241 e. The van der Waals surface area contributed by atoms with Crippen molar-refractivity contribution in [3.63, 3.8) is 0 Å². The van der Waals surface area contributed by atoms with E-state index in [1.807, 2.05) is 54.6 Å². The van der Waals surface area contributed by atoms with Gasteiger partial charge in [-0.05, 0) is 18.2 Å². The van der Waals surface area contributed by atoms with E-state index in [4.69, 9.17) is 0 Å². The lowest BCUT2D eigenvalue weighted by molar-refractivity contribution is -0.122. The Bertz CT molecular complexity index is 935. The first kappa shape index (κ1) is 16.3. The molecule has 1 aliphatic heterocycles. The zero-order valence-corrected chi connectivity index (χ0v) is 14.3. The van der Waals surface area contributed by atoms with Gasteiger partial charge >= 0.3 is 0 Å². The molecule has 2 amide bonds. The lowest BCUT2D eigenvalue weighted by Crippen LogP contribution is -2.33. The normalized spacial score (nSPS) is 17.0. The van der Waals surface area contributed by atoms with Crippen molar-refractivity contribution in [2.45, 2.75) is 13.0 Å². The fourth-order valence-electron chi connectivity index (χ4n) is 3.38. The summed E-state index contributed by atoms with van der Waals surface area (Å²) in [6.45, 7) is 1.30. The van der Waals surface area contributed by atoms with Gasteiger partial charge in [0.1, 0.15) is 6.54 Å². The van der Waals surface area contributed by atoms with Gasteiger partial charge in [0.05, 0.1) is 11.7 Å². The van der Waals surface area contributed by atoms with E-state index in [0.29, 0.717) is 19.5 Å². The molecule has 1 N–H and O–H groups in total. The molecule has 2 heterocycles. The van der Waals surface area contributed by atoms with E-state index in [2.05, 4.69) is 10.4 Å². The smallest absolute Gasteiger partial charge is 0.241 e. The summed E-state index contributed by atoms with van der Waals surface area (Å²) in [5, 5.41) is 8.23. The van der Waals surface area contributed by atoms with E-state index in [1.165, 1.54) is 0 Å². The highest BCUT2D eigenvalue weighted by atomic mass is 16.2. The molecule has 26 heavy (non-hydrogen) atoms. The molecule has 3 aromatic rings. The topological polar surface area (TPSA) is 67.2 Å². The summed E-state index contributed by atoms with van der Waals surface area (Å²) in [5.74, 6) is 0.138. The molecule has 1 fully saturated rings. The highest BCUT2D eigenvalue weighted by Crippen LogP contribution is 2.24. The monoisotopic (exact) mass is 348 g/mol. The molecule has 6 heteroatoms. The van der Waals surface area contributed by atoms with Crippen LogP contribution in [0.3, 0.4) is 0 Å². The molecule has 2 aromatic carbocycles. The van der Waals surface area contributed by atoms with Gasteiger partial charge < -0.3 is 10.2 Å². The summed E-state index contributed by atoms with van der Waals surface area (Å²) in [6, 6.07) is 17.4. The second-order valence-corrected chi connectivity index (χ2v) is 6.58. The van der Waals surface area contributed by atoms with Crippen LogP contribution in [-0.2, 0) is 16.1 Å². The van der Waals surface area contributed by atoms with Crippen molar-refractivity contribution in [2.24, 2.45) is 5.92 Å². The van der Waals surface area contributed by atoms with Crippen molar-refractivity contribution in [2.75, 3.05) is 18.0 Å². The Morgan fingerprint density at radius 1 is 1.12 bits per heavy atom. The predicted octanol–water partition coefficient (Wildman–Crippen LogP) is 2.21. The van der Waals surface area contributed by atoms with Crippen molar-refractivity contribution >= 4 is 28.4 Å². The molecular weight excluding hydrogens is 328 g/mol. The maximum atomic E-state index is 12.3. The first-order valence-corrected chi connectivity index (χ1v) is 8.73. The summed E-state index contributed by atoms with van der Waals surface area (Å²) >= 11 is 0. The fourth-order valence-corrected chi connectivity index (χ4v) is 3.38. The third-order valence-electron chi connectivity index (χ3n) is 4.71. The number of carbonyl (C=O) groups is 2. The Morgan fingerprint density at radius 3 is 2.73 bits per heavy atom. The summed E-state index contributed by atoms with van der Waals surface area (Å²) in [4.78, 5) is 26.3. The van der Waals surface area contributed by atoms with Crippen molar-refractivity contribution in [1.29, 1.82) is 0 Å². The highest BCUT2D eigenvalue weighted by molar-refractivity contribution is 5.95.